The van der Waals surface area contributed by atoms with E-state index in [1.165, 1.54) is 148 Å². The third-order valence-corrected chi connectivity index (χ3v) is 10.3. The van der Waals surface area contributed by atoms with Gasteiger partial charge in [-0.25, -0.2) is 0 Å². The monoisotopic (exact) mass is 737 g/mol. The molecule has 0 heterocycles. The molecule has 0 rings (SSSR count). The quantitative estimate of drug-likeness (QED) is 0.0353. The molecule has 0 aromatic rings. The summed E-state index contributed by atoms with van der Waals surface area (Å²) in [5.74, 6) is -0.0296. The van der Waals surface area contributed by atoms with Crippen LogP contribution in [0.3, 0.4) is 0 Å². The summed E-state index contributed by atoms with van der Waals surface area (Å²) < 4.78 is 16.7. The van der Waals surface area contributed by atoms with Crippen molar-refractivity contribution in [3.8, 4) is 0 Å². The minimum atomic E-state index is -0.758. The van der Waals surface area contributed by atoms with Crippen molar-refractivity contribution in [1.82, 2.24) is 0 Å². The van der Waals surface area contributed by atoms with E-state index in [2.05, 4.69) is 27.7 Å². The number of esters is 3. The first-order valence-electron chi connectivity index (χ1n) is 22.9. The summed E-state index contributed by atoms with van der Waals surface area (Å²) in [7, 11) is 0. The van der Waals surface area contributed by atoms with Crippen molar-refractivity contribution in [3.05, 3.63) is 0 Å². The molecule has 0 bridgehead atoms. The van der Waals surface area contributed by atoms with Gasteiger partial charge in [-0.2, -0.15) is 0 Å². The molecular formula is C46H88O6. The van der Waals surface area contributed by atoms with Crippen LogP contribution in [-0.2, 0) is 28.6 Å². The Kier molecular flexibility index (Phi) is 39.4. The molecule has 0 N–H and O–H groups in total. The fourth-order valence-corrected chi connectivity index (χ4v) is 6.80. The second kappa shape index (κ2) is 40.6. The van der Waals surface area contributed by atoms with E-state index in [9.17, 15) is 14.4 Å². The molecule has 0 aliphatic carbocycles. The number of ether oxygens (including phenoxy) is 3. The van der Waals surface area contributed by atoms with Gasteiger partial charge in [-0.15, -0.1) is 0 Å². The van der Waals surface area contributed by atoms with Crippen molar-refractivity contribution in [1.29, 1.82) is 0 Å². The average Bonchev–Trinajstić information content (AvgIpc) is 3.12. The lowest BCUT2D eigenvalue weighted by molar-refractivity contribution is -0.167. The van der Waals surface area contributed by atoms with Gasteiger partial charge in [0.2, 0.25) is 0 Å². The molecule has 6 heteroatoms. The second-order valence-electron chi connectivity index (χ2n) is 16.2. The molecule has 0 unspecified atom stereocenters. The fraction of sp³-hybridized carbons (Fsp3) is 0.935. The number of rotatable bonds is 41. The van der Waals surface area contributed by atoms with Crippen molar-refractivity contribution < 1.29 is 28.6 Å². The standard InChI is InChI=1S/C46H88O6/c1-5-7-9-11-13-15-17-23-27-31-35-39-46(49)52-43(40-50-44(47)37-33-29-25-20-14-12-10-8-6-2)41-51-45(48)38-34-30-26-22-19-16-18-21-24-28-32-36-42(3)4/h42-43H,5-41H2,1-4H3/t43-/m1/s1. The zero-order valence-electron chi connectivity index (χ0n) is 35.3. The maximum absolute atomic E-state index is 12.7. The molecule has 1 atom stereocenters. The number of hydrogen-bond acceptors (Lipinski definition) is 6. The Hall–Kier alpha value is -1.59. The molecule has 0 fully saturated rings. The summed E-state index contributed by atoms with van der Waals surface area (Å²) >= 11 is 0. The third kappa shape index (κ3) is 39.6. The minimum Gasteiger partial charge on any atom is -0.462 e. The average molecular weight is 737 g/mol. The number of carbonyl (C=O) groups excluding carboxylic acids is 3. The fourth-order valence-electron chi connectivity index (χ4n) is 6.80. The summed E-state index contributed by atoms with van der Waals surface area (Å²) in [6.45, 7) is 8.97. The van der Waals surface area contributed by atoms with E-state index in [-0.39, 0.29) is 31.1 Å². The molecule has 0 amide bonds. The van der Waals surface area contributed by atoms with Gasteiger partial charge in [-0.05, 0) is 25.2 Å². The van der Waals surface area contributed by atoms with Crippen LogP contribution in [0.15, 0.2) is 0 Å². The van der Waals surface area contributed by atoms with Crippen molar-refractivity contribution in [2.75, 3.05) is 13.2 Å². The van der Waals surface area contributed by atoms with Gasteiger partial charge < -0.3 is 14.2 Å². The molecule has 0 aliphatic heterocycles. The molecule has 0 aromatic heterocycles. The van der Waals surface area contributed by atoms with Gasteiger partial charge in [0, 0.05) is 19.3 Å². The molecule has 0 aliphatic rings. The van der Waals surface area contributed by atoms with Crippen molar-refractivity contribution >= 4 is 17.9 Å². The van der Waals surface area contributed by atoms with Crippen LogP contribution in [0.5, 0.6) is 0 Å². The topological polar surface area (TPSA) is 78.9 Å². The van der Waals surface area contributed by atoms with E-state index < -0.39 is 6.10 Å². The van der Waals surface area contributed by atoms with Crippen LogP contribution in [0.1, 0.15) is 252 Å². The van der Waals surface area contributed by atoms with Gasteiger partial charge in [0.05, 0.1) is 0 Å². The highest BCUT2D eigenvalue weighted by Crippen LogP contribution is 2.16. The molecular weight excluding hydrogens is 648 g/mol. The van der Waals surface area contributed by atoms with E-state index in [0.717, 1.165) is 63.7 Å². The van der Waals surface area contributed by atoms with Gasteiger partial charge in [0.25, 0.3) is 0 Å². The lowest BCUT2D eigenvalue weighted by atomic mass is 10.0. The first-order chi connectivity index (χ1) is 25.4. The lowest BCUT2D eigenvalue weighted by Gasteiger charge is -2.18. The Morgan fingerprint density at radius 2 is 0.635 bits per heavy atom. The summed E-state index contributed by atoms with van der Waals surface area (Å²) in [5.41, 5.74) is 0. The summed E-state index contributed by atoms with van der Waals surface area (Å²) in [4.78, 5) is 37.6. The van der Waals surface area contributed by atoms with Crippen LogP contribution >= 0.6 is 0 Å². The maximum Gasteiger partial charge on any atom is 0.306 e. The summed E-state index contributed by atoms with van der Waals surface area (Å²) in [6.07, 6.45) is 39.4. The zero-order chi connectivity index (χ0) is 38.2. The van der Waals surface area contributed by atoms with Gasteiger partial charge in [0.15, 0.2) is 6.10 Å². The molecule has 0 radical (unpaired) electrons. The van der Waals surface area contributed by atoms with E-state index in [1.807, 2.05) is 0 Å². The first kappa shape index (κ1) is 50.4. The smallest absolute Gasteiger partial charge is 0.306 e. The summed E-state index contributed by atoms with van der Waals surface area (Å²) in [6, 6.07) is 0. The Morgan fingerprint density at radius 3 is 0.942 bits per heavy atom. The first-order valence-corrected chi connectivity index (χ1v) is 22.9. The van der Waals surface area contributed by atoms with Crippen LogP contribution in [0.4, 0.5) is 0 Å². The van der Waals surface area contributed by atoms with Crippen LogP contribution in [0, 0.1) is 5.92 Å². The minimum absolute atomic E-state index is 0.0639. The Labute approximate surface area is 323 Å². The molecule has 6 nitrogen and oxygen atoms in total. The highest BCUT2D eigenvalue weighted by atomic mass is 16.6. The third-order valence-electron chi connectivity index (χ3n) is 10.3. The van der Waals surface area contributed by atoms with Crippen LogP contribution < -0.4 is 0 Å². The molecule has 0 saturated heterocycles. The van der Waals surface area contributed by atoms with E-state index >= 15 is 0 Å². The van der Waals surface area contributed by atoms with Gasteiger partial charge >= 0.3 is 17.9 Å². The largest absolute Gasteiger partial charge is 0.462 e. The number of unbranched alkanes of at least 4 members (excludes halogenated alkanes) is 28. The van der Waals surface area contributed by atoms with Gasteiger partial charge in [-0.3, -0.25) is 14.4 Å². The zero-order valence-corrected chi connectivity index (χ0v) is 35.3. The Bertz CT molecular complexity index is 781. The van der Waals surface area contributed by atoms with Crippen molar-refractivity contribution in [2.24, 2.45) is 5.92 Å². The Morgan fingerprint density at radius 1 is 0.365 bits per heavy atom. The van der Waals surface area contributed by atoms with Crippen LogP contribution in [0.25, 0.3) is 0 Å². The highest BCUT2D eigenvalue weighted by Gasteiger charge is 2.19. The maximum atomic E-state index is 12.7. The number of carbonyl (C=O) groups is 3. The predicted molar refractivity (Wildman–Crippen MR) is 220 cm³/mol. The van der Waals surface area contributed by atoms with E-state index in [4.69, 9.17) is 14.2 Å². The van der Waals surface area contributed by atoms with Crippen LogP contribution in [0.2, 0.25) is 0 Å². The Balaban J connectivity index is 4.30. The molecule has 0 saturated carbocycles. The molecule has 52 heavy (non-hydrogen) atoms. The summed E-state index contributed by atoms with van der Waals surface area (Å²) in [5, 5.41) is 0. The van der Waals surface area contributed by atoms with Crippen LogP contribution in [-0.4, -0.2) is 37.2 Å². The number of hydrogen-bond donors (Lipinski definition) is 0. The normalized spacial score (nSPS) is 11.9. The SMILES string of the molecule is CCCCCCCCCCCCCC(=O)O[C@H](COC(=O)CCCCCCCCCCC)COC(=O)CCCCCCCCCCCCCC(C)C. The molecule has 0 aromatic carbocycles. The van der Waals surface area contributed by atoms with Crippen molar-refractivity contribution in [2.45, 2.75) is 259 Å². The van der Waals surface area contributed by atoms with Crippen molar-refractivity contribution in [3.63, 3.8) is 0 Å². The highest BCUT2D eigenvalue weighted by molar-refractivity contribution is 5.71. The van der Waals surface area contributed by atoms with Gasteiger partial charge in [0.1, 0.15) is 13.2 Å². The second-order valence-corrected chi connectivity index (χ2v) is 16.2. The van der Waals surface area contributed by atoms with E-state index in [0.29, 0.717) is 19.3 Å². The molecule has 308 valence electrons. The lowest BCUT2D eigenvalue weighted by Crippen LogP contribution is -2.30. The predicted octanol–water partition coefficient (Wildman–Crippen LogP) is 14.3. The molecule has 0 spiro atoms. The van der Waals surface area contributed by atoms with Gasteiger partial charge in [-0.1, -0.05) is 214 Å². The van der Waals surface area contributed by atoms with E-state index in [1.54, 1.807) is 0 Å².